The third kappa shape index (κ3) is 3.95. The highest BCUT2D eigenvalue weighted by Crippen LogP contribution is 2.09. The number of nitrogens with zero attached hydrogens (tertiary/aromatic N) is 1. The fourth-order valence-corrected chi connectivity index (χ4v) is 1.57. The third-order valence-electron chi connectivity index (χ3n) is 2.76. The van der Waals surface area contributed by atoms with Gasteiger partial charge in [-0.15, -0.1) is 0 Å². The largest absolute Gasteiger partial charge is 0.321 e. The molecule has 0 aliphatic carbocycles. The van der Waals surface area contributed by atoms with Crippen molar-refractivity contribution in [3.05, 3.63) is 60.2 Å². The molecule has 0 atom stereocenters. The molecule has 4 nitrogen and oxygen atoms in total. The third-order valence-corrected chi connectivity index (χ3v) is 2.76. The van der Waals surface area contributed by atoms with Gasteiger partial charge in [0.25, 0.3) is 5.91 Å². The highest BCUT2D eigenvalue weighted by molar-refractivity contribution is 6.42. The summed E-state index contributed by atoms with van der Waals surface area (Å²) in [6.45, 7) is 3.67. The smallest absolute Gasteiger partial charge is 0.271 e. The molecule has 102 valence electrons. The minimum Gasteiger partial charge on any atom is -0.321 e. The zero-order valence-electron chi connectivity index (χ0n) is 11.6. The molecule has 2 rings (SSSR count). The van der Waals surface area contributed by atoms with Crippen LogP contribution in [0.15, 0.2) is 59.7 Å². The lowest BCUT2D eigenvalue weighted by atomic mass is 10.2. The molecule has 0 saturated heterocycles. The first kappa shape index (κ1) is 13.8. The molecule has 1 amide bonds. The van der Waals surface area contributed by atoms with Gasteiger partial charge in [-0.05, 0) is 38.1 Å². The van der Waals surface area contributed by atoms with Crippen molar-refractivity contribution in [3.8, 4) is 0 Å². The number of anilines is 2. The van der Waals surface area contributed by atoms with E-state index in [1.165, 1.54) is 0 Å². The average Bonchev–Trinajstić information content (AvgIpc) is 2.48. The molecular weight excluding hydrogens is 250 g/mol. The van der Waals surface area contributed by atoms with Gasteiger partial charge in [-0.25, -0.2) is 0 Å². The van der Waals surface area contributed by atoms with Gasteiger partial charge in [0, 0.05) is 5.69 Å². The average molecular weight is 267 g/mol. The number of hydrogen-bond acceptors (Lipinski definition) is 3. The molecule has 0 radical (unpaired) electrons. The van der Waals surface area contributed by atoms with Crippen molar-refractivity contribution < 1.29 is 4.79 Å². The number of nitrogens with one attached hydrogen (secondary N) is 2. The first-order chi connectivity index (χ1) is 9.65. The summed E-state index contributed by atoms with van der Waals surface area (Å²) in [5.41, 5.74) is 5.97. The Bertz CT molecular complexity index is 603. The van der Waals surface area contributed by atoms with Crippen molar-refractivity contribution in [1.82, 2.24) is 0 Å². The number of benzene rings is 2. The van der Waals surface area contributed by atoms with Crippen LogP contribution in [0.4, 0.5) is 11.4 Å². The number of aryl methyl sites for hydroxylation is 1. The predicted octanol–water partition coefficient (Wildman–Crippen LogP) is 3.42. The standard InChI is InChI=1S/C16H17N3O/c1-12-8-10-14(11-9-12)17-16(20)13(2)18-19-15-6-4-3-5-7-15/h3-11,19H,1-2H3,(H,17,20)/b18-13+. The van der Waals surface area contributed by atoms with Crippen LogP contribution >= 0.6 is 0 Å². The number of hydrazone groups is 1. The topological polar surface area (TPSA) is 53.5 Å². The summed E-state index contributed by atoms with van der Waals surface area (Å²) in [6, 6.07) is 17.1. The van der Waals surface area contributed by atoms with Gasteiger partial charge in [0.1, 0.15) is 5.71 Å². The maximum Gasteiger partial charge on any atom is 0.271 e. The lowest BCUT2D eigenvalue weighted by molar-refractivity contribution is -0.110. The number of rotatable bonds is 4. The Hall–Kier alpha value is -2.62. The molecule has 2 aromatic carbocycles. The van der Waals surface area contributed by atoms with E-state index in [0.29, 0.717) is 5.71 Å². The van der Waals surface area contributed by atoms with Crippen molar-refractivity contribution >= 4 is 23.0 Å². The first-order valence-electron chi connectivity index (χ1n) is 6.38. The minimum absolute atomic E-state index is 0.225. The van der Waals surface area contributed by atoms with Crippen LogP contribution in [-0.2, 0) is 4.79 Å². The molecule has 2 N–H and O–H groups in total. The quantitative estimate of drug-likeness (QED) is 0.658. The van der Waals surface area contributed by atoms with Crippen LogP contribution in [0.2, 0.25) is 0 Å². The molecule has 0 saturated carbocycles. The van der Waals surface area contributed by atoms with E-state index in [9.17, 15) is 4.79 Å². The predicted molar refractivity (Wildman–Crippen MR) is 83.0 cm³/mol. The molecule has 0 bridgehead atoms. The Morgan fingerprint density at radius 1 is 0.950 bits per heavy atom. The van der Waals surface area contributed by atoms with Crippen molar-refractivity contribution in [1.29, 1.82) is 0 Å². The number of para-hydroxylation sites is 1. The van der Waals surface area contributed by atoms with Crippen LogP contribution in [0.25, 0.3) is 0 Å². The summed E-state index contributed by atoms with van der Waals surface area (Å²) in [7, 11) is 0. The van der Waals surface area contributed by atoms with Crippen LogP contribution in [0.1, 0.15) is 12.5 Å². The van der Waals surface area contributed by atoms with Gasteiger partial charge in [-0.3, -0.25) is 10.2 Å². The van der Waals surface area contributed by atoms with Crippen molar-refractivity contribution in [2.24, 2.45) is 5.10 Å². The van der Waals surface area contributed by atoms with E-state index in [-0.39, 0.29) is 5.91 Å². The fraction of sp³-hybridized carbons (Fsp3) is 0.125. The zero-order valence-corrected chi connectivity index (χ0v) is 11.6. The molecular formula is C16H17N3O. The van der Waals surface area contributed by atoms with Gasteiger partial charge in [0.15, 0.2) is 0 Å². The Kier molecular flexibility index (Phi) is 4.50. The summed E-state index contributed by atoms with van der Waals surface area (Å²) >= 11 is 0. The Morgan fingerprint density at radius 3 is 2.25 bits per heavy atom. The van der Waals surface area contributed by atoms with Gasteiger partial charge in [0.05, 0.1) is 5.69 Å². The number of amides is 1. The first-order valence-corrected chi connectivity index (χ1v) is 6.38. The highest BCUT2D eigenvalue weighted by atomic mass is 16.1. The van der Waals surface area contributed by atoms with Crippen LogP contribution < -0.4 is 10.7 Å². The van der Waals surface area contributed by atoms with Crippen LogP contribution in [0.5, 0.6) is 0 Å². The summed E-state index contributed by atoms with van der Waals surface area (Å²) in [6.07, 6.45) is 0. The summed E-state index contributed by atoms with van der Waals surface area (Å²) in [5, 5.41) is 6.86. The maximum absolute atomic E-state index is 11.9. The molecule has 0 heterocycles. The zero-order chi connectivity index (χ0) is 14.4. The Labute approximate surface area is 118 Å². The van der Waals surface area contributed by atoms with Gasteiger partial charge in [-0.2, -0.15) is 5.10 Å². The molecule has 2 aromatic rings. The molecule has 0 aliphatic rings. The van der Waals surface area contributed by atoms with Gasteiger partial charge in [-0.1, -0.05) is 35.9 Å². The van der Waals surface area contributed by atoms with E-state index in [1.54, 1.807) is 6.92 Å². The number of carbonyl (C=O) groups is 1. The number of carbonyl (C=O) groups excluding carboxylic acids is 1. The molecule has 0 fully saturated rings. The second-order valence-corrected chi connectivity index (χ2v) is 4.50. The molecule has 4 heteroatoms. The van der Waals surface area contributed by atoms with Crippen LogP contribution in [0.3, 0.4) is 0 Å². The molecule has 0 aromatic heterocycles. The van der Waals surface area contributed by atoms with Gasteiger partial charge in [0.2, 0.25) is 0 Å². The van der Waals surface area contributed by atoms with Crippen LogP contribution in [-0.4, -0.2) is 11.6 Å². The maximum atomic E-state index is 11.9. The van der Waals surface area contributed by atoms with E-state index in [1.807, 2.05) is 61.5 Å². The number of hydrogen-bond donors (Lipinski definition) is 2. The van der Waals surface area contributed by atoms with Crippen LogP contribution in [0, 0.1) is 6.92 Å². The molecule has 0 spiro atoms. The normalized spacial score (nSPS) is 11.0. The van der Waals surface area contributed by atoms with E-state index in [2.05, 4.69) is 15.8 Å². The van der Waals surface area contributed by atoms with Gasteiger partial charge < -0.3 is 5.32 Å². The molecule has 0 aliphatic heterocycles. The minimum atomic E-state index is -0.225. The van der Waals surface area contributed by atoms with E-state index >= 15 is 0 Å². The van der Waals surface area contributed by atoms with Gasteiger partial charge >= 0.3 is 0 Å². The monoisotopic (exact) mass is 267 g/mol. The molecule has 20 heavy (non-hydrogen) atoms. The second kappa shape index (κ2) is 6.52. The Morgan fingerprint density at radius 2 is 1.60 bits per heavy atom. The Balaban J connectivity index is 1.96. The fourth-order valence-electron chi connectivity index (χ4n) is 1.57. The van der Waals surface area contributed by atoms with E-state index < -0.39 is 0 Å². The van der Waals surface area contributed by atoms with Crippen molar-refractivity contribution in [2.75, 3.05) is 10.7 Å². The lowest BCUT2D eigenvalue weighted by Gasteiger charge is -2.06. The summed E-state index contributed by atoms with van der Waals surface area (Å²) in [5.74, 6) is -0.225. The summed E-state index contributed by atoms with van der Waals surface area (Å²) < 4.78 is 0. The van der Waals surface area contributed by atoms with Crippen molar-refractivity contribution in [3.63, 3.8) is 0 Å². The van der Waals surface area contributed by atoms with Crippen molar-refractivity contribution in [2.45, 2.75) is 13.8 Å². The second-order valence-electron chi connectivity index (χ2n) is 4.50. The SMILES string of the molecule is C/C(=N\Nc1ccccc1)C(=O)Nc1ccc(C)cc1. The molecule has 0 unspecified atom stereocenters. The summed E-state index contributed by atoms with van der Waals surface area (Å²) in [4.78, 5) is 11.9. The van der Waals surface area contributed by atoms with E-state index in [0.717, 1.165) is 16.9 Å². The lowest BCUT2D eigenvalue weighted by Crippen LogP contribution is -2.21. The highest BCUT2D eigenvalue weighted by Gasteiger charge is 2.06. The van der Waals surface area contributed by atoms with E-state index in [4.69, 9.17) is 0 Å².